The van der Waals surface area contributed by atoms with Crippen molar-refractivity contribution in [3.05, 3.63) is 33.8 Å². The van der Waals surface area contributed by atoms with E-state index in [2.05, 4.69) is 10.6 Å². The van der Waals surface area contributed by atoms with Crippen molar-refractivity contribution in [2.75, 3.05) is 0 Å². The van der Waals surface area contributed by atoms with Gasteiger partial charge >= 0.3 is 0 Å². The number of nitrogens with one attached hydrogen (secondary N) is 2. The van der Waals surface area contributed by atoms with Crippen LogP contribution in [-0.2, 0) is 11.2 Å². The number of hydrogen-bond acceptors (Lipinski definition) is 2. The van der Waals surface area contributed by atoms with Gasteiger partial charge in [-0.05, 0) is 43.4 Å². The fourth-order valence-corrected chi connectivity index (χ4v) is 3.85. The molecule has 1 aromatic carbocycles. The standard InChI is InChI=1S/C15H18Cl2N2O/c16-13-2-1-3-14(17)12(13)8-15(20)19-11-6-9-4-5-10(7-11)18-9/h1-3,9-11,18H,4-8H2,(H,19,20). The fraction of sp³-hybridized carbons (Fsp3) is 0.533. The summed E-state index contributed by atoms with van der Waals surface area (Å²) in [6.45, 7) is 0. The van der Waals surface area contributed by atoms with Crippen LogP contribution >= 0.6 is 23.2 Å². The molecule has 0 aromatic heterocycles. The average molecular weight is 313 g/mol. The normalized spacial score (nSPS) is 28.4. The summed E-state index contributed by atoms with van der Waals surface area (Å²) in [4.78, 5) is 12.2. The summed E-state index contributed by atoms with van der Waals surface area (Å²) in [7, 11) is 0. The molecule has 0 radical (unpaired) electrons. The molecule has 1 amide bonds. The third kappa shape index (κ3) is 3.11. The topological polar surface area (TPSA) is 41.1 Å². The number of piperidine rings is 1. The van der Waals surface area contributed by atoms with Crippen molar-refractivity contribution < 1.29 is 4.79 Å². The number of rotatable bonds is 3. The Morgan fingerprint density at radius 1 is 1.20 bits per heavy atom. The van der Waals surface area contributed by atoms with E-state index >= 15 is 0 Å². The molecule has 2 aliphatic rings. The largest absolute Gasteiger partial charge is 0.353 e. The van der Waals surface area contributed by atoms with Gasteiger partial charge in [0.05, 0.1) is 6.42 Å². The van der Waals surface area contributed by atoms with Crippen LogP contribution in [0.4, 0.5) is 0 Å². The number of hydrogen-bond donors (Lipinski definition) is 2. The number of carbonyl (C=O) groups is 1. The summed E-state index contributed by atoms with van der Waals surface area (Å²) < 4.78 is 0. The smallest absolute Gasteiger partial charge is 0.224 e. The van der Waals surface area contributed by atoms with E-state index in [1.807, 2.05) is 0 Å². The van der Waals surface area contributed by atoms with Gasteiger partial charge in [0, 0.05) is 28.2 Å². The third-order valence-corrected chi connectivity index (χ3v) is 4.95. The maximum atomic E-state index is 12.2. The van der Waals surface area contributed by atoms with E-state index in [0.717, 1.165) is 12.8 Å². The lowest BCUT2D eigenvalue weighted by Gasteiger charge is -2.29. The molecule has 2 bridgehead atoms. The monoisotopic (exact) mass is 312 g/mol. The first kappa shape index (κ1) is 14.2. The van der Waals surface area contributed by atoms with Crippen LogP contribution in [0.5, 0.6) is 0 Å². The summed E-state index contributed by atoms with van der Waals surface area (Å²) in [6.07, 6.45) is 4.76. The van der Waals surface area contributed by atoms with Gasteiger partial charge in [0.1, 0.15) is 0 Å². The summed E-state index contributed by atoms with van der Waals surface area (Å²) in [5.41, 5.74) is 0.713. The van der Waals surface area contributed by atoms with E-state index < -0.39 is 0 Å². The van der Waals surface area contributed by atoms with Crippen molar-refractivity contribution >= 4 is 29.1 Å². The van der Waals surface area contributed by atoms with Crippen molar-refractivity contribution in [1.29, 1.82) is 0 Å². The minimum absolute atomic E-state index is 0.00583. The van der Waals surface area contributed by atoms with Gasteiger partial charge in [0.15, 0.2) is 0 Å². The minimum Gasteiger partial charge on any atom is -0.353 e. The second-order valence-corrected chi connectivity index (χ2v) is 6.57. The first-order valence-electron chi connectivity index (χ1n) is 7.10. The molecule has 0 aliphatic carbocycles. The molecule has 2 aliphatic heterocycles. The van der Waals surface area contributed by atoms with Crippen LogP contribution in [0.15, 0.2) is 18.2 Å². The Kier molecular flexibility index (Phi) is 4.20. The molecule has 5 heteroatoms. The summed E-state index contributed by atoms with van der Waals surface area (Å²) in [5, 5.41) is 7.80. The first-order chi connectivity index (χ1) is 9.61. The van der Waals surface area contributed by atoms with Crippen molar-refractivity contribution in [2.45, 2.75) is 50.2 Å². The molecule has 2 N–H and O–H groups in total. The maximum Gasteiger partial charge on any atom is 0.224 e. The van der Waals surface area contributed by atoms with Gasteiger partial charge in [0.25, 0.3) is 0 Å². The highest BCUT2D eigenvalue weighted by atomic mass is 35.5. The van der Waals surface area contributed by atoms with Gasteiger partial charge in [-0.25, -0.2) is 0 Å². The van der Waals surface area contributed by atoms with E-state index in [9.17, 15) is 4.79 Å². The number of benzene rings is 1. The SMILES string of the molecule is O=C(Cc1c(Cl)cccc1Cl)NC1CC2CCC(C1)N2. The Balaban J connectivity index is 1.60. The highest BCUT2D eigenvalue weighted by molar-refractivity contribution is 6.36. The average Bonchev–Trinajstić information content (AvgIpc) is 2.73. The Morgan fingerprint density at radius 3 is 2.40 bits per heavy atom. The Bertz CT molecular complexity index is 488. The first-order valence-corrected chi connectivity index (χ1v) is 7.85. The maximum absolute atomic E-state index is 12.2. The molecule has 0 spiro atoms. The highest BCUT2D eigenvalue weighted by Crippen LogP contribution is 2.27. The molecule has 108 valence electrons. The summed E-state index contributed by atoms with van der Waals surface area (Å²) >= 11 is 12.2. The molecule has 2 atom stereocenters. The molecular formula is C15H18Cl2N2O. The van der Waals surface area contributed by atoms with Crippen LogP contribution < -0.4 is 10.6 Å². The molecule has 0 saturated carbocycles. The molecule has 2 fully saturated rings. The second-order valence-electron chi connectivity index (χ2n) is 5.75. The zero-order chi connectivity index (χ0) is 14.1. The van der Waals surface area contributed by atoms with Gasteiger partial charge in [-0.2, -0.15) is 0 Å². The fourth-order valence-electron chi connectivity index (χ4n) is 3.32. The second kappa shape index (κ2) is 5.92. The molecule has 2 saturated heterocycles. The Hall–Kier alpha value is -0.770. The Labute approximate surface area is 129 Å². The van der Waals surface area contributed by atoms with E-state index in [4.69, 9.17) is 23.2 Å². The molecular weight excluding hydrogens is 295 g/mol. The van der Waals surface area contributed by atoms with E-state index in [0.29, 0.717) is 27.7 Å². The van der Waals surface area contributed by atoms with E-state index in [1.165, 1.54) is 12.8 Å². The van der Waals surface area contributed by atoms with Gasteiger partial charge in [-0.1, -0.05) is 29.3 Å². The molecule has 2 heterocycles. The van der Waals surface area contributed by atoms with Crippen LogP contribution in [0.1, 0.15) is 31.2 Å². The minimum atomic E-state index is 0.00583. The van der Waals surface area contributed by atoms with Gasteiger partial charge in [0.2, 0.25) is 5.91 Å². The van der Waals surface area contributed by atoms with Gasteiger partial charge < -0.3 is 10.6 Å². The highest BCUT2D eigenvalue weighted by Gasteiger charge is 2.33. The van der Waals surface area contributed by atoms with Crippen molar-refractivity contribution in [3.8, 4) is 0 Å². The van der Waals surface area contributed by atoms with Crippen LogP contribution in [0.3, 0.4) is 0 Å². The lowest BCUT2D eigenvalue weighted by Crippen LogP contribution is -2.48. The molecule has 1 aromatic rings. The predicted octanol–water partition coefficient (Wildman–Crippen LogP) is 2.94. The molecule has 2 unspecified atom stereocenters. The van der Waals surface area contributed by atoms with Gasteiger partial charge in [-0.3, -0.25) is 4.79 Å². The Morgan fingerprint density at radius 2 is 1.80 bits per heavy atom. The van der Waals surface area contributed by atoms with E-state index in [-0.39, 0.29) is 18.4 Å². The van der Waals surface area contributed by atoms with Crippen molar-refractivity contribution in [1.82, 2.24) is 10.6 Å². The van der Waals surface area contributed by atoms with Crippen molar-refractivity contribution in [2.24, 2.45) is 0 Å². The molecule has 3 rings (SSSR count). The lowest BCUT2D eigenvalue weighted by molar-refractivity contribution is -0.121. The summed E-state index contributed by atoms with van der Waals surface area (Å²) in [5.74, 6) is 0.00583. The number of fused-ring (bicyclic) bond motifs is 2. The molecule has 20 heavy (non-hydrogen) atoms. The van der Waals surface area contributed by atoms with Gasteiger partial charge in [-0.15, -0.1) is 0 Å². The number of amides is 1. The van der Waals surface area contributed by atoms with Crippen LogP contribution in [0.25, 0.3) is 0 Å². The third-order valence-electron chi connectivity index (χ3n) is 4.24. The van der Waals surface area contributed by atoms with E-state index in [1.54, 1.807) is 18.2 Å². The van der Waals surface area contributed by atoms with Crippen LogP contribution in [0.2, 0.25) is 10.0 Å². The van der Waals surface area contributed by atoms with Crippen molar-refractivity contribution in [3.63, 3.8) is 0 Å². The summed E-state index contributed by atoms with van der Waals surface area (Å²) in [6, 6.07) is 6.74. The predicted molar refractivity (Wildman–Crippen MR) is 81.3 cm³/mol. The quantitative estimate of drug-likeness (QED) is 0.901. The number of halogens is 2. The van der Waals surface area contributed by atoms with Crippen LogP contribution in [-0.4, -0.2) is 24.0 Å². The molecule has 3 nitrogen and oxygen atoms in total. The zero-order valence-electron chi connectivity index (χ0n) is 11.2. The zero-order valence-corrected chi connectivity index (χ0v) is 12.7. The number of carbonyl (C=O) groups excluding carboxylic acids is 1. The lowest BCUT2D eigenvalue weighted by atomic mass is 9.99. The van der Waals surface area contributed by atoms with Crippen LogP contribution in [0, 0.1) is 0 Å².